The SMILES string of the molecule is CC1(C)c2ccccc2-c2cc(-c3nc(-c4ccc5c(c4)oc4cccc(-c6ccccc6)c45)nc(-c4cccc5oc6ccccc6c45)n3)ccc21. The molecule has 5 nitrogen and oxygen atoms in total. The van der Waals surface area contributed by atoms with Crippen molar-refractivity contribution in [1.82, 2.24) is 15.0 Å². The maximum Gasteiger partial charge on any atom is 0.164 e. The van der Waals surface area contributed by atoms with Crippen LogP contribution in [0, 0.1) is 0 Å². The third kappa shape index (κ3) is 4.47. The Morgan fingerprint density at radius 3 is 1.77 bits per heavy atom. The van der Waals surface area contributed by atoms with Gasteiger partial charge >= 0.3 is 0 Å². The molecule has 250 valence electrons. The van der Waals surface area contributed by atoms with Crippen molar-refractivity contribution in [3.63, 3.8) is 0 Å². The zero-order valence-corrected chi connectivity index (χ0v) is 29.1. The third-order valence-electron chi connectivity index (χ3n) is 11.0. The first-order valence-corrected chi connectivity index (χ1v) is 17.9. The minimum Gasteiger partial charge on any atom is -0.456 e. The quantitative estimate of drug-likeness (QED) is 0.185. The molecule has 0 bridgehead atoms. The highest BCUT2D eigenvalue weighted by atomic mass is 16.3. The zero-order valence-electron chi connectivity index (χ0n) is 29.1. The van der Waals surface area contributed by atoms with Crippen molar-refractivity contribution in [1.29, 1.82) is 0 Å². The van der Waals surface area contributed by atoms with Crippen LogP contribution >= 0.6 is 0 Å². The maximum absolute atomic E-state index is 6.52. The minimum atomic E-state index is -0.0970. The Balaban J connectivity index is 1.13. The van der Waals surface area contributed by atoms with Gasteiger partial charge in [0, 0.05) is 43.7 Å². The maximum atomic E-state index is 6.52. The lowest BCUT2D eigenvalue weighted by Gasteiger charge is -2.21. The van der Waals surface area contributed by atoms with E-state index in [0.717, 1.165) is 71.7 Å². The van der Waals surface area contributed by atoms with Crippen LogP contribution in [0.5, 0.6) is 0 Å². The van der Waals surface area contributed by atoms with Gasteiger partial charge in [-0.1, -0.05) is 129 Å². The van der Waals surface area contributed by atoms with Crippen molar-refractivity contribution >= 4 is 43.9 Å². The molecule has 0 fully saturated rings. The Hall–Kier alpha value is -6.85. The van der Waals surface area contributed by atoms with Crippen molar-refractivity contribution in [2.24, 2.45) is 0 Å². The van der Waals surface area contributed by atoms with E-state index < -0.39 is 0 Å². The van der Waals surface area contributed by atoms with Gasteiger partial charge in [-0.15, -0.1) is 0 Å². The molecule has 0 atom stereocenters. The van der Waals surface area contributed by atoms with E-state index in [1.54, 1.807) is 0 Å². The van der Waals surface area contributed by atoms with Crippen LogP contribution in [0.1, 0.15) is 25.0 Å². The standard InChI is InChI=1S/C48H31N3O2/c1-48(2)37-18-8-6-14-32(37)36-26-29(23-25-38(36)48)45-49-46(51-47(50-45)35-17-11-21-41-44(35)33-15-7-9-19-39(33)52-41)30-22-24-34-42(27-30)53-40-20-10-16-31(43(34)40)28-12-4-3-5-13-28/h3-27H,1-2H3. The minimum absolute atomic E-state index is 0.0970. The van der Waals surface area contributed by atoms with Crippen LogP contribution in [-0.2, 0) is 5.41 Å². The summed E-state index contributed by atoms with van der Waals surface area (Å²) in [5.41, 5.74) is 13.2. The van der Waals surface area contributed by atoms with Crippen LogP contribution in [0.4, 0.5) is 0 Å². The highest BCUT2D eigenvalue weighted by Gasteiger charge is 2.35. The normalized spacial score (nSPS) is 13.2. The average molecular weight is 682 g/mol. The van der Waals surface area contributed by atoms with Gasteiger partial charge in [0.2, 0.25) is 0 Å². The summed E-state index contributed by atoms with van der Waals surface area (Å²) in [6.07, 6.45) is 0. The van der Waals surface area contributed by atoms with Crippen LogP contribution in [0.2, 0.25) is 0 Å². The molecule has 0 amide bonds. The van der Waals surface area contributed by atoms with Crippen LogP contribution in [-0.4, -0.2) is 15.0 Å². The van der Waals surface area contributed by atoms with Crippen molar-refractivity contribution in [3.05, 3.63) is 163 Å². The lowest BCUT2D eigenvalue weighted by atomic mass is 9.82. The first kappa shape index (κ1) is 29.8. The molecule has 1 aliphatic carbocycles. The summed E-state index contributed by atoms with van der Waals surface area (Å²) in [6.45, 7) is 4.59. The molecule has 0 saturated heterocycles. The molecule has 0 unspecified atom stereocenters. The van der Waals surface area contributed by atoms with Crippen LogP contribution in [0.25, 0.3) is 100 Å². The van der Waals surface area contributed by atoms with E-state index in [4.69, 9.17) is 23.8 Å². The lowest BCUT2D eigenvalue weighted by molar-refractivity contribution is 0.660. The second-order valence-electron chi connectivity index (χ2n) is 14.4. The van der Waals surface area contributed by atoms with Gasteiger partial charge in [0.25, 0.3) is 0 Å². The molecule has 10 aromatic rings. The fourth-order valence-electron chi connectivity index (χ4n) is 8.40. The number of furan rings is 2. The second kappa shape index (κ2) is 11.1. The van der Waals surface area contributed by atoms with Gasteiger partial charge in [-0.3, -0.25) is 0 Å². The van der Waals surface area contributed by atoms with E-state index in [9.17, 15) is 0 Å². The molecule has 0 aliphatic heterocycles. The van der Waals surface area contributed by atoms with Gasteiger partial charge in [-0.05, 0) is 69.8 Å². The smallest absolute Gasteiger partial charge is 0.164 e. The second-order valence-corrected chi connectivity index (χ2v) is 14.4. The summed E-state index contributed by atoms with van der Waals surface area (Å²) < 4.78 is 12.8. The first-order valence-electron chi connectivity index (χ1n) is 17.9. The highest BCUT2D eigenvalue weighted by Crippen LogP contribution is 2.49. The molecule has 0 N–H and O–H groups in total. The molecule has 0 saturated carbocycles. The molecule has 1 aliphatic rings. The van der Waals surface area contributed by atoms with Crippen molar-refractivity contribution in [2.75, 3.05) is 0 Å². The van der Waals surface area contributed by atoms with E-state index in [-0.39, 0.29) is 5.41 Å². The lowest BCUT2D eigenvalue weighted by Crippen LogP contribution is -2.14. The Labute approximate surface area is 305 Å². The predicted molar refractivity (Wildman–Crippen MR) is 214 cm³/mol. The summed E-state index contributed by atoms with van der Waals surface area (Å²) in [4.78, 5) is 15.6. The van der Waals surface area contributed by atoms with Crippen molar-refractivity contribution < 1.29 is 8.83 Å². The Kier molecular flexibility index (Phi) is 6.23. The molecular formula is C48H31N3O2. The van der Waals surface area contributed by atoms with Gasteiger partial charge in [-0.2, -0.15) is 0 Å². The zero-order chi connectivity index (χ0) is 35.3. The number of hydrogen-bond donors (Lipinski definition) is 0. The Bertz CT molecular complexity index is 3100. The van der Waals surface area contributed by atoms with Gasteiger partial charge in [0.05, 0.1) is 0 Å². The molecule has 5 heteroatoms. The molecule has 3 heterocycles. The van der Waals surface area contributed by atoms with E-state index >= 15 is 0 Å². The molecule has 3 aromatic heterocycles. The number of benzene rings is 7. The number of para-hydroxylation sites is 1. The van der Waals surface area contributed by atoms with Gasteiger partial charge in [0.1, 0.15) is 22.3 Å². The van der Waals surface area contributed by atoms with Gasteiger partial charge < -0.3 is 8.83 Å². The van der Waals surface area contributed by atoms with Crippen LogP contribution < -0.4 is 0 Å². The summed E-state index contributed by atoms with van der Waals surface area (Å²) in [5, 5.41) is 4.15. The number of nitrogens with zero attached hydrogens (tertiary/aromatic N) is 3. The Morgan fingerprint density at radius 2 is 0.943 bits per heavy atom. The topological polar surface area (TPSA) is 65.0 Å². The molecule has 0 radical (unpaired) electrons. The third-order valence-corrected chi connectivity index (χ3v) is 11.0. The molecule has 0 spiro atoms. The summed E-state index contributed by atoms with van der Waals surface area (Å²) in [6, 6.07) is 52.5. The van der Waals surface area contributed by atoms with E-state index in [2.05, 4.69) is 123 Å². The summed E-state index contributed by atoms with van der Waals surface area (Å²) in [7, 11) is 0. The summed E-state index contributed by atoms with van der Waals surface area (Å²) in [5.74, 6) is 1.76. The molecular weight excluding hydrogens is 651 g/mol. The van der Waals surface area contributed by atoms with E-state index in [0.29, 0.717) is 17.5 Å². The predicted octanol–water partition coefficient (Wildman–Crippen LogP) is 12.6. The number of rotatable bonds is 4. The first-order chi connectivity index (χ1) is 26.0. The van der Waals surface area contributed by atoms with Gasteiger partial charge in [-0.25, -0.2) is 15.0 Å². The molecule has 11 rings (SSSR count). The number of aromatic nitrogens is 3. The molecule has 7 aromatic carbocycles. The van der Waals surface area contributed by atoms with E-state index in [1.165, 1.54) is 22.3 Å². The number of fused-ring (bicyclic) bond motifs is 9. The highest BCUT2D eigenvalue weighted by molar-refractivity contribution is 6.13. The summed E-state index contributed by atoms with van der Waals surface area (Å²) >= 11 is 0. The fraction of sp³-hybridized carbons (Fsp3) is 0.0625. The van der Waals surface area contributed by atoms with Gasteiger partial charge in [0.15, 0.2) is 17.5 Å². The van der Waals surface area contributed by atoms with E-state index in [1.807, 2.05) is 42.5 Å². The van der Waals surface area contributed by atoms with Crippen molar-refractivity contribution in [3.8, 4) is 56.4 Å². The monoisotopic (exact) mass is 681 g/mol. The van der Waals surface area contributed by atoms with Crippen LogP contribution in [0.3, 0.4) is 0 Å². The average Bonchev–Trinajstić information content (AvgIpc) is 3.85. The van der Waals surface area contributed by atoms with Crippen LogP contribution in [0.15, 0.2) is 160 Å². The molecule has 53 heavy (non-hydrogen) atoms. The Morgan fingerprint density at radius 1 is 0.377 bits per heavy atom. The fourth-order valence-corrected chi connectivity index (χ4v) is 8.40. The largest absolute Gasteiger partial charge is 0.456 e. The number of hydrogen-bond acceptors (Lipinski definition) is 5. The van der Waals surface area contributed by atoms with Crippen molar-refractivity contribution in [2.45, 2.75) is 19.3 Å².